The molecule has 0 amide bonds. The van der Waals surface area contributed by atoms with Crippen molar-refractivity contribution in [3.8, 4) is 11.3 Å². The lowest BCUT2D eigenvalue weighted by molar-refractivity contribution is -0.137. The van der Waals surface area contributed by atoms with Crippen molar-refractivity contribution in [2.24, 2.45) is 0 Å². The highest BCUT2D eigenvalue weighted by Gasteiger charge is 2.12. The zero-order chi connectivity index (χ0) is 12.3. The summed E-state index contributed by atoms with van der Waals surface area (Å²) in [6.07, 6.45) is 0. The fraction of sp³-hybridized carbons (Fsp3) is 0.167. The first-order valence-electron chi connectivity index (χ1n) is 5.17. The van der Waals surface area contributed by atoms with Crippen molar-refractivity contribution in [2.45, 2.75) is 13.0 Å². The molecule has 0 bridgehead atoms. The molecular weight excluding hydrogens is 236 g/mol. The molecule has 1 aromatic heterocycles. The van der Waals surface area contributed by atoms with Crippen LogP contribution in [0.1, 0.15) is 6.92 Å². The van der Waals surface area contributed by atoms with E-state index in [1.807, 2.05) is 35.7 Å². The van der Waals surface area contributed by atoms with Crippen LogP contribution in [0.25, 0.3) is 11.3 Å². The molecule has 5 heteroatoms. The normalized spacial score (nSPS) is 12.1. The van der Waals surface area contributed by atoms with Crippen LogP contribution in [0.5, 0.6) is 0 Å². The Morgan fingerprint density at radius 2 is 2.12 bits per heavy atom. The second-order valence-electron chi connectivity index (χ2n) is 3.61. The van der Waals surface area contributed by atoms with Crippen LogP contribution < -0.4 is 5.32 Å². The van der Waals surface area contributed by atoms with Crippen molar-refractivity contribution in [1.82, 2.24) is 4.98 Å². The zero-order valence-electron chi connectivity index (χ0n) is 9.25. The lowest BCUT2D eigenvalue weighted by Crippen LogP contribution is -2.25. The third-order valence-corrected chi connectivity index (χ3v) is 3.06. The molecule has 0 aliphatic rings. The molecule has 2 rings (SSSR count). The highest BCUT2D eigenvalue weighted by Crippen LogP contribution is 2.24. The Kier molecular flexibility index (Phi) is 3.39. The summed E-state index contributed by atoms with van der Waals surface area (Å²) in [6.45, 7) is 1.59. The number of nitrogens with zero attached hydrogens (tertiary/aromatic N) is 1. The van der Waals surface area contributed by atoms with Crippen molar-refractivity contribution in [1.29, 1.82) is 0 Å². The second kappa shape index (κ2) is 4.97. The van der Waals surface area contributed by atoms with Gasteiger partial charge in [0.05, 0.1) is 5.69 Å². The summed E-state index contributed by atoms with van der Waals surface area (Å²) in [5.74, 6) is -0.888. The highest BCUT2D eigenvalue weighted by atomic mass is 32.1. The fourth-order valence-corrected chi connectivity index (χ4v) is 2.14. The number of carbonyl (C=O) groups is 1. The standard InChI is InChI=1S/C12H12N2O2S/c1-8(11(15)16)13-12-14-10(7-17-12)9-5-3-2-4-6-9/h2-8H,1H3,(H,13,14)(H,15,16). The molecule has 0 fully saturated rings. The molecule has 0 aliphatic carbocycles. The molecule has 88 valence electrons. The highest BCUT2D eigenvalue weighted by molar-refractivity contribution is 7.14. The molecule has 2 N–H and O–H groups in total. The van der Waals surface area contributed by atoms with Crippen molar-refractivity contribution < 1.29 is 9.90 Å². The van der Waals surface area contributed by atoms with Crippen molar-refractivity contribution >= 4 is 22.4 Å². The van der Waals surface area contributed by atoms with Crippen molar-refractivity contribution in [2.75, 3.05) is 5.32 Å². The third kappa shape index (κ3) is 2.82. The van der Waals surface area contributed by atoms with Crippen LogP contribution in [0, 0.1) is 0 Å². The molecule has 1 unspecified atom stereocenters. The summed E-state index contributed by atoms with van der Waals surface area (Å²) in [7, 11) is 0. The number of aromatic nitrogens is 1. The largest absolute Gasteiger partial charge is 0.480 e. The molecule has 4 nitrogen and oxygen atoms in total. The van der Waals surface area contributed by atoms with Crippen LogP contribution in [0.4, 0.5) is 5.13 Å². The van der Waals surface area contributed by atoms with Gasteiger partial charge in [-0.3, -0.25) is 4.79 Å². The summed E-state index contributed by atoms with van der Waals surface area (Å²) in [6, 6.07) is 9.15. The third-order valence-electron chi connectivity index (χ3n) is 2.28. The minimum Gasteiger partial charge on any atom is -0.480 e. The maximum Gasteiger partial charge on any atom is 0.325 e. The summed E-state index contributed by atoms with van der Waals surface area (Å²) in [5, 5.41) is 14.2. The van der Waals surface area contributed by atoms with Gasteiger partial charge in [-0.15, -0.1) is 11.3 Å². The van der Waals surface area contributed by atoms with Gasteiger partial charge in [-0.25, -0.2) is 4.98 Å². The molecule has 1 aromatic carbocycles. The average Bonchev–Trinajstić information content (AvgIpc) is 2.78. The lowest BCUT2D eigenvalue weighted by Gasteiger charge is -2.06. The maximum atomic E-state index is 10.7. The minimum absolute atomic E-state index is 0.624. The molecular formula is C12H12N2O2S. The van der Waals surface area contributed by atoms with E-state index in [-0.39, 0.29) is 0 Å². The Balaban J connectivity index is 2.14. The van der Waals surface area contributed by atoms with E-state index >= 15 is 0 Å². The molecule has 1 atom stereocenters. The SMILES string of the molecule is CC(Nc1nc(-c2ccccc2)cs1)C(=O)O. The van der Waals surface area contributed by atoms with Gasteiger partial charge >= 0.3 is 5.97 Å². The van der Waals surface area contributed by atoms with Crippen LogP contribution in [-0.4, -0.2) is 22.1 Å². The molecule has 0 aliphatic heterocycles. The van der Waals surface area contributed by atoms with E-state index in [9.17, 15) is 4.79 Å². The quantitative estimate of drug-likeness (QED) is 0.873. The number of anilines is 1. The van der Waals surface area contributed by atoms with Gasteiger partial charge in [-0.2, -0.15) is 0 Å². The molecule has 17 heavy (non-hydrogen) atoms. The first-order chi connectivity index (χ1) is 8.16. The van der Waals surface area contributed by atoms with Gasteiger partial charge in [0, 0.05) is 10.9 Å². The Bertz CT molecular complexity index is 510. The van der Waals surface area contributed by atoms with Crippen LogP contribution in [-0.2, 0) is 4.79 Å². The van der Waals surface area contributed by atoms with Gasteiger partial charge in [-0.1, -0.05) is 30.3 Å². The number of thiazole rings is 1. The van der Waals surface area contributed by atoms with Crippen molar-refractivity contribution in [3.63, 3.8) is 0 Å². The Morgan fingerprint density at radius 3 is 2.76 bits per heavy atom. The number of nitrogens with one attached hydrogen (secondary N) is 1. The second-order valence-corrected chi connectivity index (χ2v) is 4.47. The van der Waals surface area contributed by atoms with Gasteiger partial charge in [0.2, 0.25) is 0 Å². The van der Waals surface area contributed by atoms with E-state index in [4.69, 9.17) is 5.11 Å². The predicted octanol–water partition coefficient (Wildman–Crippen LogP) is 2.70. The number of hydrogen-bond acceptors (Lipinski definition) is 4. The molecule has 0 saturated carbocycles. The molecule has 0 radical (unpaired) electrons. The number of rotatable bonds is 4. The van der Waals surface area contributed by atoms with E-state index in [1.54, 1.807) is 6.92 Å². The number of hydrogen-bond donors (Lipinski definition) is 2. The predicted molar refractivity (Wildman–Crippen MR) is 68.3 cm³/mol. The molecule has 1 heterocycles. The van der Waals surface area contributed by atoms with Gasteiger partial charge in [0.1, 0.15) is 6.04 Å². The number of carboxylic acid groups (broad SMARTS) is 1. The van der Waals surface area contributed by atoms with Crippen LogP contribution in [0.3, 0.4) is 0 Å². The van der Waals surface area contributed by atoms with Gasteiger partial charge in [-0.05, 0) is 6.92 Å². The van der Waals surface area contributed by atoms with Gasteiger partial charge in [0.15, 0.2) is 5.13 Å². The van der Waals surface area contributed by atoms with E-state index in [0.29, 0.717) is 5.13 Å². The Hall–Kier alpha value is -1.88. The average molecular weight is 248 g/mol. The summed E-state index contributed by atoms with van der Waals surface area (Å²) in [5.41, 5.74) is 1.88. The molecule has 0 saturated heterocycles. The van der Waals surface area contributed by atoms with Gasteiger partial charge in [0.25, 0.3) is 0 Å². The van der Waals surface area contributed by atoms with E-state index in [1.165, 1.54) is 11.3 Å². The Labute approximate surface area is 103 Å². The summed E-state index contributed by atoms with van der Waals surface area (Å²) >= 11 is 1.40. The molecule has 2 aromatic rings. The van der Waals surface area contributed by atoms with E-state index < -0.39 is 12.0 Å². The number of aliphatic carboxylic acids is 1. The van der Waals surface area contributed by atoms with E-state index in [2.05, 4.69) is 10.3 Å². The van der Waals surface area contributed by atoms with Crippen LogP contribution >= 0.6 is 11.3 Å². The summed E-state index contributed by atoms with van der Waals surface area (Å²) in [4.78, 5) is 15.0. The fourth-order valence-electron chi connectivity index (χ4n) is 1.33. The lowest BCUT2D eigenvalue weighted by atomic mass is 10.2. The minimum atomic E-state index is -0.888. The molecule has 0 spiro atoms. The Morgan fingerprint density at radius 1 is 1.41 bits per heavy atom. The van der Waals surface area contributed by atoms with Crippen LogP contribution in [0.15, 0.2) is 35.7 Å². The maximum absolute atomic E-state index is 10.7. The van der Waals surface area contributed by atoms with Gasteiger partial charge < -0.3 is 10.4 Å². The number of carboxylic acids is 1. The zero-order valence-corrected chi connectivity index (χ0v) is 10.1. The summed E-state index contributed by atoms with van der Waals surface area (Å²) < 4.78 is 0. The van der Waals surface area contributed by atoms with Crippen LogP contribution in [0.2, 0.25) is 0 Å². The smallest absolute Gasteiger partial charge is 0.325 e. The van der Waals surface area contributed by atoms with E-state index in [0.717, 1.165) is 11.3 Å². The first-order valence-corrected chi connectivity index (χ1v) is 6.05. The topological polar surface area (TPSA) is 62.2 Å². The number of benzene rings is 1. The first kappa shape index (κ1) is 11.6. The monoisotopic (exact) mass is 248 g/mol. The van der Waals surface area contributed by atoms with Crippen molar-refractivity contribution in [3.05, 3.63) is 35.7 Å².